The van der Waals surface area contributed by atoms with E-state index in [9.17, 15) is 4.79 Å². The molecule has 0 saturated carbocycles. The lowest BCUT2D eigenvalue weighted by Gasteiger charge is -2.11. The van der Waals surface area contributed by atoms with Crippen LogP contribution in [0.15, 0.2) is 16.7 Å². The summed E-state index contributed by atoms with van der Waals surface area (Å²) in [6.45, 7) is 5.90. The fourth-order valence-corrected chi connectivity index (χ4v) is 1.26. The zero-order valence-electron chi connectivity index (χ0n) is 9.31. The van der Waals surface area contributed by atoms with E-state index in [1.807, 2.05) is 20.8 Å². The number of pyridine rings is 1. The predicted octanol–water partition coefficient (Wildman–Crippen LogP) is 2.22. The first-order chi connectivity index (χ1) is 7.38. The topological polar surface area (TPSA) is 76.2 Å². The molecule has 2 rings (SSSR count). The maximum atomic E-state index is 10.7. The minimum atomic E-state index is -1.02. The summed E-state index contributed by atoms with van der Waals surface area (Å²) in [7, 11) is 0. The van der Waals surface area contributed by atoms with Crippen LogP contribution in [-0.4, -0.2) is 21.0 Å². The molecule has 0 aromatic carbocycles. The number of fused-ring (bicyclic) bond motifs is 1. The van der Waals surface area contributed by atoms with Crippen LogP contribution in [0.5, 0.6) is 0 Å². The van der Waals surface area contributed by atoms with Gasteiger partial charge in [-0.25, -0.2) is 14.8 Å². The third kappa shape index (κ3) is 1.76. The molecule has 0 bridgehead atoms. The molecule has 0 aliphatic carbocycles. The summed E-state index contributed by atoms with van der Waals surface area (Å²) in [6, 6.07) is 1.46. The summed E-state index contributed by atoms with van der Waals surface area (Å²) in [5.41, 5.74) is 0.741. The lowest BCUT2D eigenvalue weighted by molar-refractivity contribution is 0.0696. The molecule has 0 radical (unpaired) electrons. The number of oxazole rings is 1. The highest BCUT2D eigenvalue weighted by atomic mass is 16.4. The van der Waals surface area contributed by atoms with Crippen molar-refractivity contribution in [2.75, 3.05) is 0 Å². The number of aromatic nitrogens is 2. The summed E-state index contributed by atoms with van der Waals surface area (Å²) in [4.78, 5) is 18.9. The quantitative estimate of drug-likeness (QED) is 0.797. The van der Waals surface area contributed by atoms with Crippen LogP contribution in [-0.2, 0) is 5.41 Å². The summed E-state index contributed by atoms with van der Waals surface area (Å²) in [5.74, 6) is -0.466. The van der Waals surface area contributed by atoms with Gasteiger partial charge in [0.1, 0.15) is 5.52 Å². The van der Waals surface area contributed by atoms with Crippen molar-refractivity contribution in [3.63, 3.8) is 0 Å². The molecule has 84 valence electrons. The lowest BCUT2D eigenvalue weighted by atomic mass is 9.97. The smallest absolute Gasteiger partial charge is 0.337 e. The average Bonchev–Trinajstić information content (AvgIpc) is 2.58. The van der Waals surface area contributed by atoms with E-state index in [4.69, 9.17) is 9.52 Å². The van der Waals surface area contributed by atoms with E-state index < -0.39 is 5.97 Å². The molecule has 16 heavy (non-hydrogen) atoms. The molecule has 5 nitrogen and oxygen atoms in total. The number of carbonyl (C=O) groups is 1. The second-order valence-corrected chi connectivity index (χ2v) is 4.62. The molecule has 2 aromatic rings. The zero-order chi connectivity index (χ0) is 11.9. The first-order valence-corrected chi connectivity index (χ1v) is 4.88. The minimum Gasteiger partial charge on any atom is -0.478 e. The van der Waals surface area contributed by atoms with E-state index in [0.29, 0.717) is 17.1 Å². The van der Waals surface area contributed by atoms with Crippen molar-refractivity contribution in [1.29, 1.82) is 0 Å². The number of carboxylic acids is 1. The summed E-state index contributed by atoms with van der Waals surface area (Å²) >= 11 is 0. The van der Waals surface area contributed by atoms with Crippen LogP contribution in [0.3, 0.4) is 0 Å². The lowest BCUT2D eigenvalue weighted by Crippen LogP contribution is -2.10. The molecule has 2 heterocycles. The summed E-state index contributed by atoms with van der Waals surface area (Å²) in [5, 5.41) is 8.81. The Hall–Kier alpha value is -1.91. The van der Waals surface area contributed by atoms with E-state index >= 15 is 0 Å². The highest BCUT2D eigenvalue weighted by Gasteiger charge is 2.21. The van der Waals surface area contributed by atoms with Crippen molar-refractivity contribution in [3.05, 3.63) is 23.7 Å². The molecular formula is C11H12N2O3. The van der Waals surface area contributed by atoms with Crippen molar-refractivity contribution in [2.45, 2.75) is 26.2 Å². The monoisotopic (exact) mass is 220 g/mol. The van der Waals surface area contributed by atoms with Gasteiger partial charge in [-0.05, 0) is 6.07 Å². The molecule has 0 saturated heterocycles. The van der Waals surface area contributed by atoms with Crippen LogP contribution in [0.1, 0.15) is 37.0 Å². The molecular weight excluding hydrogens is 208 g/mol. The van der Waals surface area contributed by atoms with Crippen LogP contribution in [0.2, 0.25) is 0 Å². The molecule has 0 unspecified atom stereocenters. The molecule has 2 aromatic heterocycles. The Labute approximate surface area is 92.1 Å². The fraction of sp³-hybridized carbons (Fsp3) is 0.364. The van der Waals surface area contributed by atoms with Gasteiger partial charge < -0.3 is 9.52 Å². The SMILES string of the molecule is CC(C)(C)c1nc2cc(C(=O)O)cnc2o1. The van der Waals surface area contributed by atoms with Crippen LogP contribution < -0.4 is 0 Å². The van der Waals surface area contributed by atoms with E-state index in [1.54, 1.807) is 0 Å². The number of carboxylic acid groups (broad SMARTS) is 1. The highest BCUT2D eigenvalue weighted by molar-refractivity contribution is 5.90. The van der Waals surface area contributed by atoms with Gasteiger partial charge in [0.25, 0.3) is 0 Å². The molecule has 0 atom stereocenters. The molecule has 5 heteroatoms. The molecule has 0 aliphatic rings. The van der Waals surface area contributed by atoms with E-state index in [2.05, 4.69) is 9.97 Å². The van der Waals surface area contributed by atoms with E-state index in [1.165, 1.54) is 12.3 Å². The Bertz CT molecular complexity index is 552. The molecule has 1 N–H and O–H groups in total. The van der Waals surface area contributed by atoms with Crippen LogP contribution in [0, 0.1) is 0 Å². The zero-order valence-corrected chi connectivity index (χ0v) is 9.31. The number of hydrogen-bond acceptors (Lipinski definition) is 4. The van der Waals surface area contributed by atoms with Gasteiger partial charge in [0, 0.05) is 11.6 Å². The number of rotatable bonds is 1. The summed E-state index contributed by atoms with van der Waals surface area (Å²) in [6.07, 6.45) is 1.27. The maximum absolute atomic E-state index is 10.7. The van der Waals surface area contributed by atoms with Crippen LogP contribution in [0.4, 0.5) is 0 Å². The maximum Gasteiger partial charge on any atom is 0.337 e. The third-order valence-electron chi connectivity index (χ3n) is 2.14. The number of hydrogen-bond donors (Lipinski definition) is 1. The standard InChI is InChI=1S/C11H12N2O3/c1-11(2,3)10-13-7-4-6(9(14)15)5-12-8(7)16-10/h4-5H,1-3H3,(H,14,15). The van der Waals surface area contributed by atoms with Gasteiger partial charge in [0.05, 0.1) is 5.56 Å². The van der Waals surface area contributed by atoms with Gasteiger partial charge in [-0.2, -0.15) is 0 Å². The second-order valence-electron chi connectivity index (χ2n) is 4.62. The Morgan fingerprint density at radius 3 is 2.69 bits per heavy atom. The Morgan fingerprint density at radius 1 is 1.44 bits per heavy atom. The fourth-order valence-electron chi connectivity index (χ4n) is 1.26. The second kappa shape index (κ2) is 3.30. The van der Waals surface area contributed by atoms with Crippen molar-refractivity contribution >= 4 is 17.2 Å². The van der Waals surface area contributed by atoms with Crippen molar-refractivity contribution in [1.82, 2.24) is 9.97 Å². The Balaban J connectivity index is 2.59. The predicted molar refractivity (Wildman–Crippen MR) is 57.5 cm³/mol. The van der Waals surface area contributed by atoms with Crippen LogP contribution >= 0.6 is 0 Å². The third-order valence-corrected chi connectivity index (χ3v) is 2.14. The van der Waals surface area contributed by atoms with E-state index in [0.717, 1.165) is 0 Å². The number of nitrogens with zero attached hydrogens (tertiary/aromatic N) is 2. The van der Waals surface area contributed by atoms with E-state index in [-0.39, 0.29) is 11.0 Å². The van der Waals surface area contributed by atoms with Crippen molar-refractivity contribution < 1.29 is 14.3 Å². The minimum absolute atomic E-state index is 0.112. The van der Waals surface area contributed by atoms with Gasteiger partial charge in [0.2, 0.25) is 11.6 Å². The van der Waals surface area contributed by atoms with Gasteiger partial charge in [-0.15, -0.1) is 0 Å². The van der Waals surface area contributed by atoms with Crippen molar-refractivity contribution in [2.24, 2.45) is 0 Å². The van der Waals surface area contributed by atoms with Gasteiger partial charge in [-0.3, -0.25) is 0 Å². The normalized spacial score (nSPS) is 11.9. The highest BCUT2D eigenvalue weighted by Crippen LogP contribution is 2.24. The van der Waals surface area contributed by atoms with Gasteiger partial charge in [0.15, 0.2) is 0 Å². The molecule has 0 spiro atoms. The number of aromatic carboxylic acids is 1. The Morgan fingerprint density at radius 2 is 2.12 bits per heavy atom. The van der Waals surface area contributed by atoms with Gasteiger partial charge in [-0.1, -0.05) is 20.8 Å². The average molecular weight is 220 g/mol. The van der Waals surface area contributed by atoms with Crippen molar-refractivity contribution in [3.8, 4) is 0 Å². The largest absolute Gasteiger partial charge is 0.478 e. The molecule has 0 fully saturated rings. The molecule has 0 amide bonds. The Kier molecular flexibility index (Phi) is 2.18. The molecule has 0 aliphatic heterocycles. The van der Waals surface area contributed by atoms with Crippen LogP contribution in [0.25, 0.3) is 11.2 Å². The first-order valence-electron chi connectivity index (χ1n) is 4.88. The first kappa shape index (κ1) is 10.6. The summed E-state index contributed by atoms with van der Waals surface area (Å²) < 4.78 is 5.45. The van der Waals surface area contributed by atoms with Gasteiger partial charge >= 0.3 is 5.97 Å².